The van der Waals surface area contributed by atoms with E-state index in [1.54, 1.807) is 6.20 Å². The first-order valence-corrected chi connectivity index (χ1v) is 10.1. The van der Waals surface area contributed by atoms with Gasteiger partial charge in [-0.3, -0.25) is 4.79 Å². The SMILES string of the molecule is O=C(CC1CCCN(c2nc3ncccc3o2)C1)NCC1(O)CCCCC1. The third kappa shape index (κ3) is 4.40. The second kappa shape index (κ2) is 7.84. The molecule has 27 heavy (non-hydrogen) atoms. The van der Waals surface area contributed by atoms with Gasteiger partial charge in [0.2, 0.25) is 11.6 Å². The molecule has 0 aromatic carbocycles. The molecule has 7 nitrogen and oxygen atoms in total. The van der Waals surface area contributed by atoms with Gasteiger partial charge in [0.1, 0.15) is 0 Å². The number of piperidine rings is 1. The zero-order valence-electron chi connectivity index (χ0n) is 15.7. The van der Waals surface area contributed by atoms with Crippen LogP contribution in [0.4, 0.5) is 6.01 Å². The number of anilines is 1. The van der Waals surface area contributed by atoms with E-state index in [2.05, 4.69) is 20.2 Å². The summed E-state index contributed by atoms with van der Waals surface area (Å²) in [7, 11) is 0. The quantitative estimate of drug-likeness (QED) is 0.838. The molecule has 0 radical (unpaired) electrons. The van der Waals surface area contributed by atoms with Gasteiger partial charge in [-0.25, -0.2) is 4.98 Å². The molecule has 1 saturated carbocycles. The van der Waals surface area contributed by atoms with E-state index in [1.807, 2.05) is 12.1 Å². The molecule has 0 spiro atoms. The predicted molar refractivity (Wildman–Crippen MR) is 102 cm³/mol. The van der Waals surface area contributed by atoms with Gasteiger partial charge < -0.3 is 19.7 Å². The minimum absolute atomic E-state index is 0.0279. The van der Waals surface area contributed by atoms with E-state index in [4.69, 9.17) is 4.42 Å². The number of aliphatic hydroxyl groups is 1. The molecule has 1 atom stereocenters. The second-order valence-corrected chi connectivity index (χ2v) is 8.04. The number of rotatable bonds is 5. The van der Waals surface area contributed by atoms with Crippen LogP contribution in [0.5, 0.6) is 0 Å². The molecule has 1 aliphatic carbocycles. The number of hydrogen-bond donors (Lipinski definition) is 2. The van der Waals surface area contributed by atoms with Gasteiger partial charge in [-0.15, -0.1) is 0 Å². The number of carbonyl (C=O) groups excluding carboxylic acids is 1. The summed E-state index contributed by atoms with van der Waals surface area (Å²) in [5, 5.41) is 13.5. The van der Waals surface area contributed by atoms with Gasteiger partial charge in [0.15, 0.2) is 5.58 Å². The largest absolute Gasteiger partial charge is 0.422 e. The third-order valence-electron chi connectivity index (χ3n) is 5.82. The number of nitrogens with one attached hydrogen (secondary N) is 1. The number of fused-ring (bicyclic) bond motifs is 1. The maximum atomic E-state index is 12.4. The third-order valence-corrected chi connectivity index (χ3v) is 5.82. The molecule has 2 N–H and O–H groups in total. The van der Waals surface area contributed by atoms with Crippen LogP contribution >= 0.6 is 0 Å². The van der Waals surface area contributed by atoms with E-state index in [-0.39, 0.29) is 11.8 Å². The normalized spacial score (nSPS) is 22.7. The highest BCUT2D eigenvalue weighted by Gasteiger charge is 2.30. The Balaban J connectivity index is 1.30. The van der Waals surface area contributed by atoms with E-state index in [1.165, 1.54) is 6.42 Å². The average molecular weight is 372 g/mol. The lowest BCUT2D eigenvalue weighted by Crippen LogP contribution is -2.45. The van der Waals surface area contributed by atoms with Gasteiger partial charge in [0.25, 0.3) is 6.01 Å². The molecule has 146 valence electrons. The molecule has 2 fully saturated rings. The van der Waals surface area contributed by atoms with E-state index >= 15 is 0 Å². The first-order valence-electron chi connectivity index (χ1n) is 10.1. The molecule has 4 rings (SSSR count). The number of hydrogen-bond acceptors (Lipinski definition) is 6. The van der Waals surface area contributed by atoms with Crippen LogP contribution in [0, 0.1) is 5.92 Å². The molecule has 2 aliphatic rings. The zero-order valence-corrected chi connectivity index (χ0v) is 15.7. The topological polar surface area (TPSA) is 91.5 Å². The Hall–Kier alpha value is -2.15. The number of oxazole rings is 1. The van der Waals surface area contributed by atoms with Gasteiger partial charge in [-0.1, -0.05) is 19.3 Å². The number of aromatic nitrogens is 2. The van der Waals surface area contributed by atoms with Crippen molar-refractivity contribution in [2.75, 3.05) is 24.5 Å². The monoisotopic (exact) mass is 372 g/mol. The Morgan fingerprint density at radius 2 is 2.19 bits per heavy atom. The van der Waals surface area contributed by atoms with Crippen LogP contribution < -0.4 is 10.2 Å². The summed E-state index contributed by atoms with van der Waals surface area (Å²) >= 11 is 0. The van der Waals surface area contributed by atoms with E-state index in [9.17, 15) is 9.90 Å². The van der Waals surface area contributed by atoms with E-state index < -0.39 is 5.60 Å². The molecular formula is C20H28N4O3. The summed E-state index contributed by atoms with van der Waals surface area (Å²) in [6, 6.07) is 4.29. The number of nitrogens with zero attached hydrogens (tertiary/aromatic N) is 3. The summed E-state index contributed by atoms with van der Waals surface area (Å²) in [5.74, 6) is 0.294. The summed E-state index contributed by atoms with van der Waals surface area (Å²) in [6.07, 6.45) is 9.06. The number of pyridine rings is 1. The number of amides is 1. The van der Waals surface area contributed by atoms with Gasteiger partial charge in [-0.2, -0.15) is 4.98 Å². The Morgan fingerprint density at radius 3 is 3.00 bits per heavy atom. The van der Waals surface area contributed by atoms with Crippen LogP contribution in [-0.4, -0.2) is 46.2 Å². The first-order chi connectivity index (χ1) is 13.1. The van der Waals surface area contributed by atoms with Crippen molar-refractivity contribution in [1.82, 2.24) is 15.3 Å². The molecule has 2 aromatic heterocycles. The lowest BCUT2D eigenvalue weighted by Gasteiger charge is -2.33. The Labute approximate surface area is 159 Å². The fraction of sp³-hybridized carbons (Fsp3) is 0.650. The molecule has 1 amide bonds. The molecule has 3 heterocycles. The highest BCUT2D eigenvalue weighted by molar-refractivity contribution is 5.76. The van der Waals surface area contributed by atoms with Crippen LogP contribution in [-0.2, 0) is 4.79 Å². The highest BCUT2D eigenvalue weighted by atomic mass is 16.4. The molecule has 1 saturated heterocycles. The Bertz CT molecular complexity index is 751. The highest BCUT2D eigenvalue weighted by Crippen LogP contribution is 2.28. The van der Waals surface area contributed by atoms with E-state index in [0.29, 0.717) is 30.2 Å². The van der Waals surface area contributed by atoms with Crippen LogP contribution in [0.15, 0.2) is 22.7 Å². The van der Waals surface area contributed by atoms with Crippen molar-refractivity contribution in [3.05, 3.63) is 18.3 Å². The maximum absolute atomic E-state index is 12.4. The summed E-state index contributed by atoms with van der Waals surface area (Å²) < 4.78 is 5.82. The van der Waals surface area contributed by atoms with Crippen LogP contribution in [0.2, 0.25) is 0 Å². The second-order valence-electron chi connectivity index (χ2n) is 8.04. The van der Waals surface area contributed by atoms with Crippen molar-refractivity contribution in [2.45, 2.75) is 57.0 Å². The van der Waals surface area contributed by atoms with Crippen LogP contribution in [0.25, 0.3) is 11.2 Å². The minimum atomic E-state index is -0.711. The fourth-order valence-corrected chi connectivity index (χ4v) is 4.28. The standard InChI is InChI=1S/C20H28N4O3/c25-17(22-14-20(26)8-2-1-3-9-20)12-15-6-5-11-24(13-15)19-23-18-16(27-19)7-4-10-21-18/h4,7,10,15,26H,1-3,5-6,8-9,11-14H2,(H,22,25). The van der Waals surface area contributed by atoms with Gasteiger partial charge >= 0.3 is 0 Å². The molecular weight excluding hydrogens is 344 g/mol. The Kier molecular flexibility index (Phi) is 5.29. The smallest absolute Gasteiger partial charge is 0.299 e. The van der Waals surface area contributed by atoms with Crippen molar-refractivity contribution in [3.8, 4) is 0 Å². The van der Waals surface area contributed by atoms with Crippen molar-refractivity contribution in [2.24, 2.45) is 5.92 Å². The summed E-state index contributed by atoms with van der Waals surface area (Å²) in [4.78, 5) is 23.2. The summed E-state index contributed by atoms with van der Waals surface area (Å²) in [6.45, 7) is 2.01. The first kappa shape index (κ1) is 18.2. The molecule has 1 unspecified atom stereocenters. The molecule has 1 aliphatic heterocycles. The van der Waals surface area contributed by atoms with Crippen molar-refractivity contribution >= 4 is 23.2 Å². The molecule has 2 aromatic rings. The molecule has 7 heteroatoms. The van der Waals surface area contributed by atoms with Crippen molar-refractivity contribution < 1.29 is 14.3 Å². The molecule has 0 bridgehead atoms. The summed E-state index contributed by atoms with van der Waals surface area (Å²) in [5.41, 5.74) is 0.596. The zero-order chi connectivity index (χ0) is 18.7. The lowest BCUT2D eigenvalue weighted by molar-refractivity contribution is -0.123. The van der Waals surface area contributed by atoms with Crippen LogP contribution in [0.3, 0.4) is 0 Å². The van der Waals surface area contributed by atoms with E-state index in [0.717, 1.165) is 51.6 Å². The minimum Gasteiger partial charge on any atom is -0.422 e. The predicted octanol–water partition coefficient (Wildman–Crippen LogP) is 2.64. The van der Waals surface area contributed by atoms with Crippen molar-refractivity contribution in [3.63, 3.8) is 0 Å². The van der Waals surface area contributed by atoms with Gasteiger partial charge in [-0.05, 0) is 43.7 Å². The maximum Gasteiger partial charge on any atom is 0.299 e. The average Bonchev–Trinajstić information content (AvgIpc) is 3.12. The van der Waals surface area contributed by atoms with Crippen molar-refractivity contribution in [1.29, 1.82) is 0 Å². The van der Waals surface area contributed by atoms with Gasteiger partial charge in [0.05, 0.1) is 5.60 Å². The Morgan fingerprint density at radius 1 is 1.33 bits per heavy atom. The lowest BCUT2D eigenvalue weighted by atomic mass is 9.85. The van der Waals surface area contributed by atoms with Crippen LogP contribution in [0.1, 0.15) is 51.4 Å². The number of carbonyl (C=O) groups is 1. The van der Waals surface area contributed by atoms with Gasteiger partial charge in [0, 0.05) is 32.3 Å². The fourth-order valence-electron chi connectivity index (χ4n) is 4.28.